The lowest BCUT2D eigenvalue weighted by atomic mass is 10.3. The highest BCUT2D eigenvalue weighted by atomic mass is 16.5. The van der Waals surface area contributed by atoms with Crippen LogP contribution in [-0.4, -0.2) is 23.2 Å². The first kappa shape index (κ1) is 9.92. The fraction of sp³-hybridized carbons (Fsp3) is 0.556. The van der Waals surface area contributed by atoms with Crippen molar-refractivity contribution in [2.45, 2.75) is 20.3 Å². The van der Waals surface area contributed by atoms with E-state index >= 15 is 0 Å². The Bertz CT molecular complexity index is 250. The maximum atomic E-state index is 4.61. The number of rotatable bonds is 5. The molecule has 4 nitrogen and oxygen atoms in total. The maximum Gasteiger partial charge on any atom is 0.213 e. The summed E-state index contributed by atoms with van der Waals surface area (Å²) >= 11 is 0. The third kappa shape index (κ3) is 4.42. The van der Waals surface area contributed by atoms with Gasteiger partial charge in [-0.1, -0.05) is 16.8 Å². The number of hydrogen-bond donors (Lipinski definition) is 1. The molecule has 1 rings (SSSR count). The first-order chi connectivity index (χ1) is 6.29. The zero-order chi connectivity index (χ0) is 9.52. The van der Waals surface area contributed by atoms with E-state index in [0.29, 0.717) is 0 Å². The third-order valence-electron chi connectivity index (χ3n) is 1.59. The quantitative estimate of drug-likeness (QED) is 0.547. The van der Waals surface area contributed by atoms with E-state index in [2.05, 4.69) is 39.9 Å². The van der Waals surface area contributed by atoms with Crippen molar-refractivity contribution in [2.24, 2.45) is 0 Å². The Hall–Kier alpha value is -1.16. The maximum absolute atomic E-state index is 4.61. The van der Waals surface area contributed by atoms with Gasteiger partial charge in [0.2, 0.25) is 6.39 Å². The van der Waals surface area contributed by atoms with Gasteiger partial charge in [0.05, 0.1) is 0 Å². The van der Waals surface area contributed by atoms with Gasteiger partial charge in [0.25, 0.3) is 0 Å². The van der Waals surface area contributed by atoms with Crippen molar-refractivity contribution < 1.29 is 4.52 Å². The van der Waals surface area contributed by atoms with Crippen molar-refractivity contribution in [2.75, 3.05) is 13.1 Å². The van der Waals surface area contributed by atoms with Crippen LogP contribution in [0.15, 0.2) is 22.6 Å². The fourth-order valence-electron chi connectivity index (χ4n) is 0.881. The van der Waals surface area contributed by atoms with Crippen molar-refractivity contribution in [3.8, 4) is 0 Å². The predicted octanol–water partition coefficient (Wildman–Crippen LogP) is 1.17. The minimum atomic E-state index is 0.754. The largest absolute Gasteiger partial charge is 0.343 e. The Labute approximate surface area is 78.0 Å². The molecule has 0 atom stereocenters. The van der Waals surface area contributed by atoms with Gasteiger partial charge >= 0.3 is 0 Å². The van der Waals surface area contributed by atoms with Gasteiger partial charge in [-0.3, -0.25) is 0 Å². The first-order valence-corrected chi connectivity index (χ1v) is 4.38. The van der Waals surface area contributed by atoms with Crippen LogP contribution >= 0.6 is 0 Å². The van der Waals surface area contributed by atoms with Crippen LogP contribution in [-0.2, 0) is 6.42 Å². The van der Waals surface area contributed by atoms with Gasteiger partial charge in [-0.25, -0.2) is 0 Å². The van der Waals surface area contributed by atoms with Gasteiger partial charge in [0.15, 0.2) is 5.82 Å². The Morgan fingerprint density at radius 2 is 2.46 bits per heavy atom. The molecule has 1 aromatic heterocycles. The second kappa shape index (κ2) is 5.48. The minimum Gasteiger partial charge on any atom is -0.343 e. The predicted molar refractivity (Wildman–Crippen MR) is 50.3 cm³/mol. The van der Waals surface area contributed by atoms with Gasteiger partial charge < -0.3 is 9.84 Å². The average molecular weight is 181 g/mol. The van der Waals surface area contributed by atoms with Crippen LogP contribution in [0.3, 0.4) is 0 Å². The van der Waals surface area contributed by atoms with E-state index in [1.54, 1.807) is 0 Å². The Kier molecular flexibility index (Phi) is 4.18. The van der Waals surface area contributed by atoms with Crippen molar-refractivity contribution in [3.63, 3.8) is 0 Å². The lowest BCUT2D eigenvalue weighted by Gasteiger charge is -1.98. The SMILES string of the molecule is CC(C)=CCNCCc1ncon1. The molecule has 72 valence electrons. The van der Waals surface area contributed by atoms with E-state index in [1.807, 2.05) is 0 Å². The molecule has 1 aromatic rings. The van der Waals surface area contributed by atoms with Crippen molar-refractivity contribution >= 4 is 0 Å². The fourth-order valence-corrected chi connectivity index (χ4v) is 0.881. The monoisotopic (exact) mass is 181 g/mol. The number of aromatic nitrogens is 2. The van der Waals surface area contributed by atoms with Crippen molar-refractivity contribution in [1.82, 2.24) is 15.5 Å². The van der Waals surface area contributed by atoms with E-state index in [0.717, 1.165) is 25.3 Å². The number of nitrogens with one attached hydrogen (secondary N) is 1. The molecule has 0 aliphatic rings. The molecule has 0 spiro atoms. The molecule has 13 heavy (non-hydrogen) atoms. The highest BCUT2D eigenvalue weighted by molar-refractivity contribution is 4.94. The molecular weight excluding hydrogens is 166 g/mol. The summed E-state index contributed by atoms with van der Waals surface area (Å²) in [7, 11) is 0. The first-order valence-electron chi connectivity index (χ1n) is 4.38. The molecule has 0 aliphatic heterocycles. The molecule has 0 amide bonds. The minimum absolute atomic E-state index is 0.754. The lowest BCUT2D eigenvalue weighted by molar-refractivity contribution is 0.409. The van der Waals surface area contributed by atoms with Crippen LogP contribution in [0, 0.1) is 0 Å². The second-order valence-corrected chi connectivity index (χ2v) is 3.08. The normalized spacial score (nSPS) is 10.0. The van der Waals surface area contributed by atoms with Gasteiger partial charge in [-0.05, 0) is 13.8 Å². The summed E-state index contributed by atoms with van der Waals surface area (Å²) in [6, 6.07) is 0. The standard InChI is InChI=1S/C9H15N3O/c1-8(2)3-5-10-6-4-9-11-7-13-12-9/h3,7,10H,4-6H2,1-2H3. The summed E-state index contributed by atoms with van der Waals surface area (Å²) in [6.07, 6.45) is 4.31. The molecule has 0 aromatic carbocycles. The molecule has 0 radical (unpaired) electrons. The van der Waals surface area contributed by atoms with E-state index in [-0.39, 0.29) is 0 Å². The Morgan fingerprint density at radius 1 is 1.62 bits per heavy atom. The molecule has 4 heteroatoms. The second-order valence-electron chi connectivity index (χ2n) is 3.08. The van der Waals surface area contributed by atoms with E-state index < -0.39 is 0 Å². The summed E-state index contributed by atoms with van der Waals surface area (Å²) in [5, 5.41) is 6.96. The van der Waals surface area contributed by atoms with Crippen molar-refractivity contribution in [3.05, 3.63) is 23.9 Å². The van der Waals surface area contributed by atoms with Crippen LogP contribution in [0.25, 0.3) is 0 Å². The molecular formula is C9H15N3O. The van der Waals surface area contributed by atoms with Gasteiger partial charge in [-0.2, -0.15) is 4.98 Å². The molecule has 0 aliphatic carbocycles. The summed E-state index contributed by atoms with van der Waals surface area (Å²) in [6.45, 7) is 5.95. The van der Waals surface area contributed by atoms with Crippen LogP contribution < -0.4 is 5.32 Å². The van der Waals surface area contributed by atoms with Crippen LogP contribution in [0.5, 0.6) is 0 Å². The molecule has 1 heterocycles. The van der Waals surface area contributed by atoms with E-state index in [4.69, 9.17) is 0 Å². The zero-order valence-corrected chi connectivity index (χ0v) is 8.08. The van der Waals surface area contributed by atoms with Crippen LogP contribution in [0.1, 0.15) is 19.7 Å². The molecule has 0 unspecified atom stereocenters. The molecule has 0 saturated carbocycles. The van der Waals surface area contributed by atoms with Gasteiger partial charge in [0.1, 0.15) is 0 Å². The number of allylic oxidation sites excluding steroid dienone is 1. The molecule has 1 N–H and O–H groups in total. The highest BCUT2D eigenvalue weighted by Crippen LogP contribution is 1.88. The zero-order valence-electron chi connectivity index (χ0n) is 8.08. The van der Waals surface area contributed by atoms with E-state index in [9.17, 15) is 0 Å². The summed E-state index contributed by atoms with van der Waals surface area (Å²) in [5.74, 6) is 0.754. The number of hydrogen-bond acceptors (Lipinski definition) is 4. The van der Waals surface area contributed by atoms with Gasteiger partial charge in [0, 0.05) is 19.5 Å². The summed E-state index contributed by atoms with van der Waals surface area (Å²) < 4.78 is 4.61. The summed E-state index contributed by atoms with van der Waals surface area (Å²) in [5.41, 5.74) is 1.33. The third-order valence-corrected chi connectivity index (χ3v) is 1.59. The van der Waals surface area contributed by atoms with Crippen molar-refractivity contribution in [1.29, 1.82) is 0 Å². The highest BCUT2D eigenvalue weighted by Gasteiger charge is 1.95. The average Bonchev–Trinajstić information content (AvgIpc) is 2.55. The number of nitrogens with zero attached hydrogens (tertiary/aromatic N) is 2. The molecule has 0 saturated heterocycles. The molecule has 0 fully saturated rings. The Morgan fingerprint density at radius 3 is 3.08 bits per heavy atom. The summed E-state index contributed by atoms with van der Waals surface area (Å²) in [4.78, 5) is 3.92. The van der Waals surface area contributed by atoms with Crippen LogP contribution in [0.2, 0.25) is 0 Å². The smallest absolute Gasteiger partial charge is 0.213 e. The topological polar surface area (TPSA) is 51.0 Å². The Balaban J connectivity index is 2.05. The van der Waals surface area contributed by atoms with Crippen LogP contribution in [0.4, 0.5) is 0 Å². The molecule has 0 bridgehead atoms. The lowest BCUT2D eigenvalue weighted by Crippen LogP contribution is -2.17. The van der Waals surface area contributed by atoms with Gasteiger partial charge in [-0.15, -0.1) is 0 Å². The van der Waals surface area contributed by atoms with E-state index in [1.165, 1.54) is 12.0 Å².